The Bertz CT molecular complexity index is 1620. The van der Waals surface area contributed by atoms with Gasteiger partial charge in [0.1, 0.15) is 5.82 Å². The van der Waals surface area contributed by atoms with Gasteiger partial charge in [0.25, 0.3) is 0 Å². The van der Waals surface area contributed by atoms with Crippen molar-refractivity contribution in [1.29, 1.82) is 0 Å². The third kappa shape index (κ3) is 4.18. The number of benzene rings is 2. The highest BCUT2D eigenvalue weighted by molar-refractivity contribution is 6.10. The van der Waals surface area contributed by atoms with Crippen molar-refractivity contribution >= 4 is 39.1 Å². The second-order valence-electron chi connectivity index (χ2n) is 8.17. The van der Waals surface area contributed by atoms with Crippen LogP contribution in [0.1, 0.15) is 15.9 Å². The Morgan fingerprint density at radius 3 is 2.50 bits per heavy atom. The summed E-state index contributed by atoms with van der Waals surface area (Å²) in [6.45, 7) is 0.412. The summed E-state index contributed by atoms with van der Waals surface area (Å²) in [7, 11) is 3.18. The van der Waals surface area contributed by atoms with Crippen molar-refractivity contribution in [2.75, 3.05) is 25.3 Å². The van der Waals surface area contributed by atoms with Gasteiger partial charge in [0.15, 0.2) is 11.5 Å². The second kappa shape index (κ2) is 9.38. The number of carbonyl (C=O) groups is 1. The van der Waals surface area contributed by atoms with Gasteiger partial charge in [-0.2, -0.15) is 0 Å². The Labute approximate surface area is 207 Å². The maximum Gasteiger partial charge on any atom is 0.249 e. The maximum atomic E-state index is 11.7. The quantitative estimate of drug-likeness (QED) is 0.295. The first kappa shape index (κ1) is 22.9. The van der Waals surface area contributed by atoms with Gasteiger partial charge in [0.05, 0.1) is 31.1 Å². The zero-order chi connectivity index (χ0) is 25.2. The summed E-state index contributed by atoms with van der Waals surface area (Å²) in [6, 6.07) is 14.8. The number of nitrogens with one attached hydrogen (secondary N) is 1. The number of anilines is 2. The van der Waals surface area contributed by atoms with E-state index in [1.54, 1.807) is 44.9 Å². The first-order chi connectivity index (χ1) is 17.5. The summed E-state index contributed by atoms with van der Waals surface area (Å²) < 4.78 is 10.9. The van der Waals surface area contributed by atoms with E-state index in [0.717, 1.165) is 38.5 Å². The molecule has 3 aromatic heterocycles. The fourth-order valence-electron chi connectivity index (χ4n) is 4.19. The summed E-state index contributed by atoms with van der Waals surface area (Å²) in [5.74, 6) is 1.09. The molecule has 0 unspecified atom stereocenters. The zero-order valence-electron chi connectivity index (χ0n) is 19.8. The van der Waals surface area contributed by atoms with Crippen LogP contribution in [0.5, 0.6) is 11.5 Å². The van der Waals surface area contributed by atoms with Crippen LogP contribution in [0.4, 0.5) is 11.5 Å². The number of rotatable bonds is 7. The van der Waals surface area contributed by atoms with E-state index in [9.17, 15) is 4.79 Å². The number of amides is 1. The van der Waals surface area contributed by atoms with Crippen molar-refractivity contribution in [3.8, 4) is 22.8 Å². The third-order valence-corrected chi connectivity index (χ3v) is 6.01. The van der Waals surface area contributed by atoms with Gasteiger partial charge in [-0.05, 0) is 35.2 Å². The standard InChI is InChI=1S/C27H24N6O3/c1-35-24-9-20-19-8-22(33-26(28)21(19)14-32-23(20)10-25(24)36-2)16-7-17(13-30-11-16)31-12-15-5-3-4-6-18(15)27(29)34/h3-11,13-14,31H,12H2,1-2H3,(H2,28,33)(H2,29,34). The van der Waals surface area contributed by atoms with Crippen LogP contribution in [0, 0.1) is 0 Å². The largest absolute Gasteiger partial charge is 0.493 e. The first-order valence-corrected chi connectivity index (χ1v) is 11.2. The molecule has 5 rings (SSSR count). The predicted molar refractivity (Wildman–Crippen MR) is 140 cm³/mol. The lowest BCUT2D eigenvalue weighted by molar-refractivity contribution is 0.0999. The Hall–Kier alpha value is -4.92. The second-order valence-corrected chi connectivity index (χ2v) is 8.17. The summed E-state index contributed by atoms with van der Waals surface area (Å²) in [6.07, 6.45) is 5.14. The summed E-state index contributed by atoms with van der Waals surface area (Å²) in [5.41, 5.74) is 16.1. The molecule has 0 atom stereocenters. The van der Waals surface area contributed by atoms with Crippen LogP contribution in [-0.2, 0) is 6.54 Å². The minimum Gasteiger partial charge on any atom is -0.493 e. The average Bonchev–Trinajstić information content (AvgIpc) is 2.91. The molecule has 5 N–H and O–H groups in total. The van der Waals surface area contributed by atoms with Crippen molar-refractivity contribution < 1.29 is 14.3 Å². The maximum absolute atomic E-state index is 11.7. The molecule has 0 saturated heterocycles. The van der Waals surface area contributed by atoms with Gasteiger partial charge in [-0.25, -0.2) is 4.98 Å². The molecule has 0 aliphatic rings. The molecular weight excluding hydrogens is 456 g/mol. The molecule has 3 heterocycles. The lowest BCUT2D eigenvalue weighted by atomic mass is 10.0. The van der Waals surface area contributed by atoms with Gasteiger partial charge in [0.2, 0.25) is 5.91 Å². The number of hydrogen-bond acceptors (Lipinski definition) is 8. The topological polar surface area (TPSA) is 138 Å². The molecule has 5 aromatic rings. The molecule has 0 saturated carbocycles. The minimum atomic E-state index is -0.467. The Morgan fingerprint density at radius 2 is 1.72 bits per heavy atom. The SMILES string of the molecule is COc1cc2ncc3c(N)nc(-c4cncc(NCc5ccccc5C(N)=O)c4)cc3c2cc1OC. The van der Waals surface area contributed by atoms with Crippen molar-refractivity contribution in [3.63, 3.8) is 0 Å². The highest BCUT2D eigenvalue weighted by Crippen LogP contribution is 2.37. The van der Waals surface area contributed by atoms with Crippen molar-refractivity contribution in [1.82, 2.24) is 15.0 Å². The van der Waals surface area contributed by atoms with Gasteiger partial charge in [-0.3, -0.25) is 14.8 Å². The molecule has 180 valence electrons. The van der Waals surface area contributed by atoms with E-state index in [-0.39, 0.29) is 0 Å². The van der Waals surface area contributed by atoms with Crippen LogP contribution in [0.3, 0.4) is 0 Å². The molecule has 36 heavy (non-hydrogen) atoms. The van der Waals surface area contributed by atoms with Gasteiger partial charge in [0, 0.05) is 53.1 Å². The van der Waals surface area contributed by atoms with Gasteiger partial charge < -0.3 is 26.3 Å². The van der Waals surface area contributed by atoms with Crippen LogP contribution in [0.2, 0.25) is 0 Å². The van der Waals surface area contributed by atoms with Crippen LogP contribution in [-0.4, -0.2) is 35.1 Å². The lowest BCUT2D eigenvalue weighted by Gasteiger charge is -2.13. The molecule has 0 fully saturated rings. The average molecular weight is 481 g/mol. The number of carbonyl (C=O) groups excluding carboxylic acids is 1. The molecule has 9 nitrogen and oxygen atoms in total. The molecule has 0 aliphatic heterocycles. The van der Waals surface area contributed by atoms with Gasteiger partial charge in [-0.1, -0.05) is 18.2 Å². The molecule has 1 amide bonds. The zero-order valence-corrected chi connectivity index (χ0v) is 19.8. The number of hydrogen-bond donors (Lipinski definition) is 3. The van der Waals surface area contributed by atoms with E-state index >= 15 is 0 Å². The number of ether oxygens (including phenoxy) is 2. The van der Waals surface area contributed by atoms with Crippen LogP contribution >= 0.6 is 0 Å². The van der Waals surface area contributed by atoms with Crippen LogP contribution in [0.25, 0.3) is 32.9 Å². The van der Waals surface area contributed by atoms with Crippen molar-refractivity contribution in [2.24, 2.45) is 5.73 Å². The van der Waals surface area contributed by atoms with E-state index in [2.05, 4.69) is 20.3 Å². The summed E-state index contributed by atoms with van der Waals surface area (Å²) in [4.78, 5) is 25.2. The number of methoxy groups -OCH3 is 2. The highest BCUT2D eigenvalue weighted by atomic mass is 16.5. The molecule has 9 heteroatoms. The number of primary amides is 1. The monoisotopic (exact) mass is 480 g/mol. The van der Waals surface area contributed by atoms with E-state index in [0.29, 0.717) is 35.1 Å². The molecule has 0 aliphatic carbocycles. The number of fused-ring (bicyclic) bond motifs is 3. The lowest BCUT2D eigenvalue weighted by Crippen LogP contribution is -2.15. The van der Waals surface area contributed by atoms with Crippen molar-refractivity contribution in [3.05, 3.63) is 78.2 Å². The number of nitrogen functional groups attached to an aromatic ring is 1. The molecule has 0 bridgehead atoms. The number of nitrogens with zero attached hydrogens (tertiary/aromatic N) is 3. The predicted octanol–water partition coefficient (Wildman–Crippen LogP) is 4.16. The normalized spacial score (nSPS) is 10.9. The smallest absolute Gasteiger partial charge is 0.249 e. The Kier molecular flexibility index (Phi) is 5.95. The number of nitrogens with two attached hydrogens (primary N) is 2. The van der Waals surface area contributed by atoms with Crippen LogP contribution < -0.4 is 26.3 Å². The van der Waals surface area contributed by atoms with E-state index in [1.807, 2.05) is 36.4 Å². The van der Waals surface area contributed by atoms with E-state index < -0.39 is 5.91 Å². The Morgan fingerprint density at radius 1 is 0.944 bits per heavy atom. The van der Waals surface area contributed by atoms with Gasteiger partial charge >= 0.3 is 0 Å². The van der Waals surface area contributed by atoms with Gasteiger partial charge in [-0.15, -0.1) is 0 Å². The number of pyridine rings is 3. The fourth-order valence-corrected chi connectivity index (χ4v) is 4.19. The highest BCUT2D eigenvalue weighted by Gasteiger charge is 2.14. The third-order valence-electron chi connectivity index (χ3n) is 6.01. The van der Waals surface area contributed by atoms with E-state index in [4.69, 9.17) is 20.9 Å². The molecular formula is C27H24N6O3. The molecule has 2 aromatic carbocycles. The first-order valence-electron chi connectivity index (χ1n) is 11.2. The number of aromatic nitrogens is 3. The summed E-state index contributed by atoms with van der Waals surface area (Å²) in [5, 5.41) is 5.80. The fraction of sp³-hybridized carbons (Fsp3) is 0.111. The van der Waals surface area contributed by atoms with Crippen molar-refractivity contribution in [2.45, 2.75) is 6.54 Å². The molecule has 0 radical (unpaired) electrons. The molecule has 0 spiro atoms. The Balaban J connectivity index is 1.54. The minimum absolute atomic E-state index is 0.362. The van der Waals surface area contributed by atoms with Crippen LogP contribution in [0.15, 0.2) is 67.1 Å². The van der Waals surface area contributed by atoms with E-state index in [1.165, 1.54) is 0 Å². The summed E-state index contributed by atoms with van der Waals surface area (Å²) >= 11 is 0.